The Morgan fingerprint density at radius 2 is 1.35 bits per heavy atom. The van der Waals surface area contributed by atoms with Gasteiger partial charge in [0.15, 0.2) is 0 Å². The number of phosphoric acid groups is 1. The molecule has 2 unspecified atom stereocenters. The molecule has 0 aliphatic carbocycles. The number of methoxy groups -OCH3 is 1. The van der Waals surface area contributed by atoms with Crippen molar-refractivity contribution < 1.29 is 28.0 Å². The number of unbranched alkanes of at least 4 members (excludes halogenated alkanes) is 12. The van der Waals surface area contributed by atoms with Crippen LogP contribution in [0.1, 0.15) is 96.8 Å². The van der Waals surface area contributed by atoms with Crippen molar-refractivity contribution >= 4 is 7.82 Å². The van der Waals surface area contributed by atoms with Crippen molar-refractivity contribution in [2.24, 2.45) is 0 Å². The van der Waals surface area contributed by atoms with Gasteiger partial charge in [0.2, 0.25) is 0 Å². The molecule has 0 spiro atoms. The van der Waals surface area contributed by atoms with Gasteiger partial charge in [-0.1, -0.05) is 64.7 Å². The van der Waals surface area contributed by atoms with Crippen molar-refractivity contribution in [1.29, 1.82) is 0 Å². The van der Waals surface area contributed by atoms with E-state index < -0.39 is 13.9 Å². The highest BCUT2D eigenvalue weighted by atomic mass is 31.2. The van der Waals surface area contributed by atoms with E-state index in [1.165, 1.54) is 71.3 Å². The van der Waals surface area contributed by atoms with Crippen molar-refractivity contribution in [3.8, 4) is 11.8 Å². The Morgan fingerprint density at radius 1 is 0.794 bits per heavy atom. The third kappa shape index (κ3) is 24.7. The number of likely N-dealkylation sites (N-methyl/N-ethyl adjacent to an activating group) is 1. The van der Waals surface area contributed by atoms with E-state index in [1.807, 2.05) is 19.0 Å². The predicted octanol–water partition coefficient (Wildman–Crippen LogP) is 6.20. The number of rotatable bonds is 24. The summed E-state index contributed by atoms with van der Waals surface area (Å²) in [6.45, 7) is 3.85. The number of nitrogens with zero attached hydrogens (tertiary/aromatic N) is 1. The van der Waals surface area contributed by atoms with Crippen LogP contribution in [0.5, 0.6) is 0 Å². The second-order valence-corrected chi connectivity index (χ2v) is 10.5. The maximum atomic E-state index is 11.8. The molecule has 0 aromatic carbocycles. The van der Waals surface area contributed by atoms with Crippen LogP contribution < -0.4 is 0 Å². The molecule has 0 fully saturated rings. The third-order valence-electron chi connectivity index (χ3n) is 5.47. The molecular formula is C26H52NO6P. The summed E-state index contributed by atoms with van der Waals surface area (Å²) >= 11 is 0. The standard InChI is InChI=1S/C26H52NO6P/c1-5-6-7-8-9-10-11-12-13-14-15-16-17-18-19-20-22-31-24-26(30-4)25-33-34(28,29)32-23-21-27(2)3/h26H,5-11,14-25H2,1-4H3,(H,28,29). The van der Waals surface area contributed by atoms with E-state index in [2.05, 4.69) is 18.8 Å². The Morgan fingerprint density at radius 3 is 1.91 bits per heavy atom. The smallest absolute Gasteiger partial charge is 0.379 e. The first kappa shape index (κ1) is 33.5. The second-order valence-electron chi connectivity index (χ2n) is 9.08. The lowest BCUT2D eigenvalue weighted by Crippen LogP contribution is -2.24. The highest BCUT2D eigenvalue weighted by molar-refractivity contribution is 7.47. The molecule has 0 bridgehead atoms. The molecule has 0 saturated heterocycles. The van der Waals surface area contributed by atoms with Crippen LogP contribution in [-0.2, 0) is 23.1 Å². The predicted molar refractivity (Wildman–Crippen MR) is 140 cm³/mol. The van der Waals surface area contributed by atoms with Crippen LogP contribution in [0.2, 0.25) is 0 Å². The summed E-state index contributed by atoms with van der Waals surface area (Å²) in [5.41, 5.74) is 0. The summed E-state index contributed by atoms with van der Waals surface area (Å²) in [6.07, 6.45) is 16.7. The van der Waals surface area contributed by atoms with Gasteiger partial charge in [-0.25, -0.2) is 4.57 Å². The fraction of sp³-hybridized carbons (Fsp3) is 0.923. The van der Waals surface area contributed by atoms with E-state index in [1.54, 1.807) is 0 Å². The Hall–Kier alpha value is -0.450. The van der Waals surface area contributed by atoms with Crippen LogP contribution >= 0.6 is 7.82 Å². The summed E-state index contributed by atoms with van der Waals surface area (Å²) in [5, 5.41) is 0. The van der Waals surface area contributed by atoms with Gasteiger partial charge in [0.05, 0.1) is 19.8 Å². The highest BCUT2D eigenvalue weighted by Crippen LogP contribution is 2.43. The van der Waals surface area contributed by atoms with E-state index >= 15 is 0 Å². The molecule has 7 nitrogen and oxygen atoms in total. The summed E-state index contributed by atoms with van der Waals surface area (Å²) in [7, 11) is 1.19. The minimum Gasteiger partial charge on any atom is -0.379 e. The molecule has 8 heteroatoms. The Kier molecular flexibility index (Phi) is 23.9. The van der Waals surface area contributed by atoms with Gasteiger partial charge < -0.3 is 19.3 Å². The summed E-state index contributed by atoms with van der Waals surface area (Å²) in [5.74, 6) is 6.64. The molecule has 0 amide bonds. The molecule has 0 aliphatic rings. The maximum absolute atomic E-state index is 11.8. The minimum atomic E-state index is -4.06. The van der Waals surface area contributed by atoms with Crippen LogP contribution in [0, 0.1) is 11.8 Å². The zero-order chi connectivity index (χ0) is 25.3. The van der Waals surface area contributed by atoms with Gasteiger partial charge in [0, 0.05) is 33.1 Å². The van der Waals surface area contributed by atoms with Gasteiger partial charge in [0.25, 0.3) is 0 Å². The van der Waals surface area contributed by atoms with Crippen molar-refractivity contribution in [2.45, 2.75) is 103 Å². The SMILES string of the molecule is CCCCCCCCC#CCCCCCCCCOCC(COP(=O)(O)OCCN(C)C)OC. The molecule has 0 heterocycles. The van der Waals surface area contributed by atoms with Gasteiger partial charge in [0.1, 0.15) is 6.10 Å². The topological polar surface area (TPSA) is 77.5 Å². The molecular weight excluding hydrogens is 453 g/mol. The lowest BCUT2D eigenvalue weighted by atomic mass is 10.1. The fourth-order valence-electron chi connectivity index (χ4n) is 3.25. The van der Waals surface area contributed by atoms with Crippen molar-refractivity contribution in [3.05, 3.63) is 0 Å². The van der Waals surface area contributed by atoms with Gasteiger partial charge in [-0.2, -0.15) is 0 Å². The quantitative estimate of drug-likeness (QED) is 0.0951. The Bertz CT molecular complexity index is 549. The van der Waals surface area contributed by atoms with Crippen molar-refractivity contribution in [3.63, 3.8) is 0 Å². The summed E-state index contributed by atoms with van der Waals surface area (Å²) < 4.78 is 32.7. The highest BCUT2D eigenvalue weighted by Gasteiger charge is 2.23. The van der Waals surface area contributed by atoms with Crippen LogP contribution in [-0.4, -0.2) is 70.1 Å². The first-order valence-corrected chi connectivity index (χ1v) is 14.7. The van der Waals surface area contributed by atoms with Crippen LogP contribution in [0.4, 0.5) is 0 Å². The molecule has 0 aromatic rings. The lowest BCUT2D eigenvalue weighted by Gasteiger charge is -2.18. The Balaban J connectivity index is 3.52. The minimum absolute atomic E-state index is 0.0475. The largest absolute Gasteiger partial charge is 0.472 e. The number of hydrogen-bond donors (Lipinski definition) is 1. The van der Waals surface area contributed by atoms with Gasteiger partial charge in [-0.3, -0.25) is 9.05 Å². The average molecular weight is 506 g/mol. The molecule has 1 N–H and O–H groups in total. The monoisotopic (exact) mass is 505 g/mol. The van der Waals surface area contributed by atoms with E-state index in [4.69, 9.17) is 18.5 Å². The van der Waals surface area contributed by atoms with E-state index in [9.17, 15) is 9.46 Å². The second kappa shape index (κ2) is 24.3. The first-order valence-electron chi connectivity index (χ1n) is 13.2. The van der Waals surface area contributed by atoms with Crippen LogP contribution in [0.3, 0.4) is 0 Å². The normalized spacial score (nSPS) is 14.1. The zero-order valence-corrected chi connectivity index (χ0v) is 23.3. The Labute approximate surface area is 209 Å². The molecule has 34 heavy (non-hydrogen) atoms. The van der Waals surface area contributed by atoms with Crippen molar-refractivity contribution in [1.82, 2.24) is 4.90 Å². The molecule has 0 aromatic heterocycles. The van der Waals surface area contributed by atoms with Crippen LogP contribution in [0.15, 0.2) is 0 Å². The molecule has 0 saturated carbocycles. The maximum Gasteiger partial charge on any atom is 0.472 e. The molecule has 0 rings (SSSR count). The van der Waals surface area contributed by atoms with Crippen LogP contribution in [0.25, 0.3) is 0 Å². The number of ether oxygens (including phenoxy) is 2. The molecule has 2 atom stereocenters. The van der Waals surface area contributed by atoms with E-state index in [-0.39, 0.29) is 13.2 Å². The molecule has 0 aliphatic heterocycles. The summed E-state index contributed by atoms with van der Waals surface area (Å²) in [6, 6.07) is 0. The number of hydrogen-bond acceptors (Lipinski definition) is 6. The van der Waals surface area contributed by atoms with Gasteiger partial charge in [-0.15, -0.1) is 11.8 Å². The van der Waals surface area contributed by atoms with E-state index in [0.29, 0.717) is 19.8 Å². The van der Waals surface area contributed by atoms with Crippen molar-refractivity contribution in [2.75, 3.05) is 54.2 Å². The number of phosphoric ester groups is 1. The lowest BCUT2D eigenvalue weighted by molar-refractivity contribution is -0.0222. The fourth-order valence-corrected chi connectivity index (χ4v) is 3.99. The first-order chi connectivity index (χ1) is 16.4. The summed E-state index contributed by atoms with van der Waals surface area (Å²) in [4.78, 5) is 11.5. The third-order valence-corrected chi connectivity index (χ3v) is 6.46. The average Bonchev–Trinajstić information content (AvgIpc) is 2.79. The molecule has 202 valence electrons. The van der Waals surface area contributed by atoms with Gasteiger partial charge >= 0.3 is 7.82 Å². The molecule has 0 radical (unpaired) electrons. The van der Waals surface area contributed by atoms with E-state index in [0.717, 1.165) is 25.7 Å². The zero-order valence-electron chi connectivity index (χ0n) is 22.4. The van der Waals surface area contributed by atoms with Gasteiger partial charge in [-0.05, 0) is 33.4 Å².